The van der Waals surface area contributed by atoms with Gasteiger partial charge in [-0.05, 0) is 25.7 Å². The molecule has 5 atom stereocenters. The van der Waals surface area contributed by atoms with Crippen molar-refractivity contribution < 1.29 is 28.7 Å². The first-order chi connectivity index (χ1) is 17.5. The van der Waals surface area contributed by atoms with Gasteiger partial charge in [-0.15, -0.1) is 11.3 Å². The van der Waals surface area contributed by atoms with E-state index in [9.17, 15) is 24.3 Å². The van der Waals surface area contributed by atoms with Gasteiger partial charge in [-0.2, -0.15) is 0 Å². The number of fused-ring (bicyclic) bond motifs is 4. The van der Waals surface area contributed by atoms with Crippen LogP contribution in [0.2, 0.25) is 0 Å². The molecule has 1 aliphatic rings. The Balaban J connectivity index is 2.06. The van der Waals surface area contributed by atoms with Crippen LogP contribution >= 0.6 is 11.3 Å². The number of hydrogen-bond donors (Lipinski definition) is 5. The van der Waals surface area contributed by atoms with Crippen molar-refractivity contribution in [2.45, 2.75) is 72.1 Å². The lowest BCUT2D eigenvalue weighted by Gasteiger charge is -2.25. The lowest BCUT2D eigenvalue weighted by molar-refractivity contribution is -0.131. The molecule has 4 bridgehead atoms. The normalized spacial score (nSPS) is 24.4. The minimum absolute atomic E-state index is 0.0154. The Labute approximate surface area is 219 Å². The van der Waals surface area contributed by atoms with Gasteiger partial charge in [-0.25, -0.2) is 9.97 Å². The molecule has 0 spiro atoms. The summed E-state index contributed by atoms with van der Waals surface area (Å²) < 4.78 is 5.82. The zero-order chi connectivity index (χ0) is 27.4. The van der Waals surface area contributed by atoms with Crippen molar-refractivity contribution in [3.8, 4) is 0 Å². The number of amides is 4. The van der Waals surface area contributed by atoms with Crippen LogP contribution in [0.15, 0.2) is 9.80 Å². The molecular formula is C24H34N6O6S. The molecule has 4 amide bonds. The fraction of sp³-hybridized carbons (Fsp3) is 0.583. The maximum atomic E-state index is 13.1. The highest BCUT2D eigenvalue weighted by Crippen LogP contribution is 2.27. The Hall–Kier alpha value is -3.32. The van der Waals surface area contributed by atoms with Crippen LogP contribution in [0.4, 0.5) is 0 Å². The van der Waals surface area contributed by atoms with Crippen molar-refractivity contribution in [3.63, 3.8) is 0 Å². The summed E-state index contributed by atoms with van der Waals surface area (Å²) in [4.78, 5) is 60.8. The van der Waals surface area contributed by atoms with Crippen LogP contribution in [0.1, 0.15) is 90.8 Å². The van der Waals surface area contributed by atoms with Crippen molar-refractivity contribution in [1.82, 2.24) is 31.2 Å². The predicted molar refractivity (Wildman–Crippen MR) is 135 cm³/mol. The quantitative estimate of drug-likeness (QED) is 0.391. The molecule has 5 N–H and O–H groups in total. The molecule has 12 nitrogen and oxygen atoms in total. The topological polar surface area (TPSA) is 176 Å². The molecular weight excluding hydrogens is 500 g/mol. The van der Waals surface area contributed by atoms with Gasteiger partial charge < -0.3 is 30.8 Å². The molecule has 0 fully saturated rings. The third-order valence-electron chi connectivity index (χ3n) is 6.33. The number of aromatic nitrogens is 2. The second-order valence-corrected chi connectivity index (χ2v) is 10.4. The van der Waals surface area contributed by atoms with Crippen LogP contribution in [0.3, 0.4) is 0 Å². The molecule has 0 saturated carbocycles. The van der Waals surface area contributed by atoms with E-state index in [2.05, 4.69) is 31.2 Å². The third-order valence-corrected chi connectivity index (χ3v) is 7.36. The fourth-order valence-corrected chi connectivity index (χ4v) is 4.63. The molecule has 3 rings (SSSR count). The van der Waals surface area contributed by atoms with E-state index >= 15 is 0 Å². The number of thiazole rings is 1. The SMILES string of the molecule is CC[C@H](C)[C@@H]1NC(=O)c2csc(n2)[C@@H](C)NC(=O)[C@@H](CO)NC(=O)[C@H](C(C)C)NC(=O)c2nc1oc2C. The number of aliphatic hydroxyl groups is 1. The summed E-state index contributed by atoms with van der Waals surface area (Å²) in [6, 6.07) is -3.50. The van der Waals surface area contributed by atoms with Crippen molar-refractivity contribution in [1.29, 1.82) is 0 Å². The van der Waals surface area contributed by atoms with Gasteiger partial charge in [0, 0.05) is 5.38 Å². The second kappa shape index (κ2) is 11.8. The highest BCUT2D eigenvalue weighted by Gasteiger charge is 2.33. The van der Waals surface area contributed by atoms with E-state index in [-0.39, 0.29) is 34.9 Å². The summed E-state index contributed by atoms with van der Waals surface area (Å²) in [5, 5.41) is 22.6. The van der Waals surface area contributed by atoms with Gasteiger partial charge in [0.1, 0.15) is 34.6 Å². The number of rotatable bonds is 4. The average Bonchev–Trinajstić information content (AvgIpc) is 3.50. The molecule has 0 aliphatic carbocycles. The predicted octanol–water partition coefficient (Wildman–Crippen LogP) is 1.38. The maximum absolute atomic E-state index is 13.1. The van der Waals surface area contributed by atoms with E-state index < -0.39 is 54.4 Å². The zero-order valence-corrected chi connectivity index (χ0v) is 22.6. The fourth-order valence-electron chi connectivity index (χ4n) is 3.83. The van der Waals surface area contributed by atoms with Gasteiger partial charge in [-0.1, -0.05) is 34.1 Å². The first kappa shape index (κ1) is 28.3. The molecule has 3 heterocycles. The molecule has 2 aromatic heterocycles. The van der Waals surface area contributed by atoms with Crippen molar-refractivity contribution in [2.24, 2.45) is 11.8 Å². The van der Waals surface area contributed by atoms with E-state index in [1.807, 2.05) is 13.8 Å². The molecule has 0 radical (unpaired) electrons. The number of oxazole rings is 1. The van der Waals surface area contributed by atoms with Crippen LogP contribution in [-0.2, 0) is 9.59 Å². The molecule has 13 heteroatoms. The lowest BCUT2D eigenvalue weighted by atomic mass is 9.99. The molecule has 1 aliphatic heterocycles. The Kier molecular flexibility index (Phi) is 9.02. The monoisotopic (exact) mass is 534 g/mol. The number of carbonyl (C=O) groups excluding carboxylic acids is 4. The summed E-state index contributed by atoms with van der Waals surface area (Å²) in [5.41, 5.74) is 0.141. The van der Waals surface area contributed by atoms with Gasteiger partial charge in [0.15, 0.2) is 5.69 Å². The number of aryl methyl sites for hydroxylation is 1. The van der Waals surface area contributed by atoms with Gasteiger partial charge in [0.2, 0.25) is 17.7 Å². The van der Waals surface area contributed by atoms with Crippen LogP contribution in [0, 0.1) is 18.8 Å². The number of nitrogens with zero attached hydrogens (tertiary/aromatic N) is 2. The van der Waals surface area contributed by atoms with Crippen molar-refractivity contribution in [3.05, 3.63) is 33.4 Å². The van der Waals surface area contributed by atoms with E-state index in [1.165, 1.54) is 11.3 Å². The zero-order valence-electron chi connectivity index (χ0n) is 21.7. The van der Waals surface area contributed by atoms with Crippen LogP contribution in [-0.4, -0.2) is 57.4 Å². The van der Waals surface area contributed by atoms with Crippen molar-refractivity contribution >= 4 is 35.0 Å². The standard InChI is InChI=1S/C24H34N6O6S/c1-7-11(4)17-23-30-18(13(6)36-23)22(35)28-16(10(2)3)21(34)26-14(8-31)19(32)25-12(5)24-27-15(9-37-24)20(33)29-17/h9-12,14,16-17,31H,7-8H2,1-6H3,(H,25,32)(H,26,34)(H,28,35)(H,29,33)/t11-,12+,14+,16-,17-/m0/s1. The lowest BCUT2D eigenvalue weighted by Crippen LogP contribution is -2.56. The van der Waals surface area contributed by atoms with E-state index in [4.69, 9.17) is 4.42 Å². The number of hydrogen-bond acceptors (Lipinski definition) is 9. The van der Waals surface area contributed by atoms with Gasteiger partial charge in [-0.3, -0.25) is 19.2 Å². The number of carbonyl (C=O) groups is 4. The van der Waals surface area contributed by atoms with Crippen LogP contribution < -0.4 is 21.3 Å². The molecule has 0 aromatic carbocycles. The van der Waals surface area contributed by atoms with E-state index in [1.54, 1.807) is 33.1 Å². The maximum Gasteiger partial charge on any atom is 0.274 e. The minimum atomic E-state index is -1.26. The van der Waals surface area contributed by atoms with Crippen LogP contribution in [0.25, 0.3) is 0 Å². The third kappa shape index (κ3) is 6.34. The highest BCUT2D eigenvalue weighted by molar-refractivity contribution is 7.09. The van der Waals surface area contributed by atoms with Gasteiger partial charge >= 0.3 is 0 Å². The summed E-state index contributed by atoms with van der Waals surface area (Å²) in [6.45, 7) is 9.97. The van der Waals surface area contributed by atoms with E-state index in [0.717, 1.165) is 0 Å². The first-order valence-electron chi connectivity index (χ1n) is 12.2. The molecule has 0 saturated heterocycles. The summed E-state index contributed by atoms with van der Waals surface area (Å²) in [6.07, 6.45) is 0.695. The first-order valence-corrected chi connectivity index (χ1v) is 13.1. The average molecular weight is 535 g/mol. The van der Waals surface area contributed by atoms with Gasteiger partial charge in [0.25, 0.3) is 11.8 Å². The van der Waals surface area contributed by atoms with Gasteiger partial charge in [0.05, 0.1) is 12.6 Å². The smallest absolute Gasteiger partial charge is 0.274 e. The Bertz CT molecular complexity index is 1160. The number of aliphatic hydroxyl groups excluding tert-OH is 1. The molecule has 0 unspecified atom stereocenters. The van der Waals surface area contributed by atoms with Crippen LogP contribution in [0.5, 0.6) is 0 Å². The Morgan fingerprint density at radius 2 is 1.68 bits per heavy atom. The Morgan fingerprint density at radius 1 is 1.00 bits per heavy atom. The highest BCUT2D eigenvalue weighted by atomic mass is 32.1. The summed E-state index contributed by atoms with van der Waals surface area (Å²) in [5.74, 6) is -2.37. The molecule has 202 valence electrons. The molecule has 2 aromatic rings. The van der Waals surface area contributed by atoms with Crippen molar-refractivity contribution in [2.75, 3.05) is 6.61 Å². The number of nitrogens with one attached hydrogen (secondary N) is 4. The summed E-state index contributed by atoms with van der Waals surface area (Å²) in [7, 11) is 0. The minimum Gasteiger partial charge on any atom is -0.443 e. The Morgan fingerprint density at radius 3 is 2.30 bits per heavy atom. The second-order valence-electron chi connectivity index (χ2n) is 9.53. The van der Waals surface area contributed by atoms with E-state index in [0.29, 0.717) is 11.4 Å². The largest absolute Gasteiger partial charge is 0.443 e. The molecule has 37 heavy (non-hydrogen) atoms. The summed E-state index contributed by atoms with van der Waals surface area (Å²) >= 11 is 1.19.